The smallest absolute Gasteiger partial charge is 0.348 e. The zero-order valence-electron chi connectivity index (χ0n) is 25.4. The van der Waals surface area contributed by atoms with E-state index >= 15 is 0 Å². The van der Waals surface area contributed by atoms with Gasteiger partial charge in [0.25, 0.3) is 0 Å². The average molecular weight is 404 g/mol. The molecule has 0 radical (unpaired) electrons. The molecule has 3 rings (SSSR count). The van der Waals surface area contributed by atoms with E-state index < -0.39 is 102 Å². The van der Waals surface area contributed by atoms with Gasteiger partial charge in [-0.25, -0.2) is 9.78 Å². The third-order valence-corrected chi connectivity index (χ3v) is 3.93. The Morgan fingerprint density at radius 2 is 1.66 bits per heavy atom. The van der Waals surface area contributed by atoms with Crippen molar-refractivity contribution < 1.29 is 38.2 Å². The Labute approximate surface area is 182 Å². The minimum Gasteiger partial charge on any atom is -0.478 e. The van der Waals surface area contributed by atoms with Crippen molar-refractivity contribution >= 4 is 5.97 Å². The van der Waals surface area contributed by atoms with Crippen LogP contribution in [0.2, 0.25) is 0 Å². The first-order chi connectivity index (χ1) is 18.1. The number of aliphatic hydroxyl groups is 1. The van der Waals surface area contributed by atoms with Crippen molar-refractivity contribution in [2.24, 2.45) is 0 Å². The van der Waals surface area contributed by atoms with E-state index in [1.165, 1.54) is 13.0 Å². The quantitative estimate of drug-likeness (QED) is 0.595. The van der Waals surface area contributed by atoms with E-state index in [9.17, 15) is 15.0 Å². The summed E-state index contributed by atoms with van der Waals surface area (Å²) >= 11 is 0. The molecule has 0 spiro atoms. The number of aryl methyl sites for hydroxylation is 1. The Bertz CT molecular complexity index is 1360. The van der Waals surface area contributed by atoms with Crippen molar-refractivity contribution in [1.82, 2.24) is 9.97 Å². The molecule has 0 saturated carbocycles. The van der Waals surface area contributed by atoms with Crippen LogP contribution in [0, 0.1) is 6.92 Å². The summed E-state index contributed by atoms with van der Waals surface area (Å²) < 4.78 is 93.6. The largest absolute Gasteiger partial charge is 0.478 e. The van der Waals surface area contributed by atoms with Crippen LogP contribution in [0.3, 0.4) is 0 Å². The van der Waals surface area contributed by atoms with Gasteiger partial charge in [0.05, 0.1) is 26.0 Å². The Kier molecular flexibility index (Phi) is 3.35. The molecule has 0 aliphatic carbocycles. The summed E-state index contributed by atoms with van der Waals surface area (Å²) in [5.74, 6) is -1.88. The molecule has 7 nitrogen and oxygen atoms in total. The molecule has 7 heteroatoms. The number of carboxylic acid groups (broad SMARTS) is 1. The lowest BCUT2D eigenvalue weighted by molar-refractivity contribution is -0.160. The fourth-order valence-corrected chi connectivity index (χ4v) is 2.72. The summed E-state index contributed by atoms with van der Waals surface area (Å²) in [4.78, 5) is 20.7. The van der Waals surface area contributed by atoms with E-state index in [2.05, 4.69) is 9.97 Å². The third-order valence-electron chi connectivity index (χ3n) is 3.93. The Balaban J connectivity index is 2.60. The Morgan fingerprint density at radius 3 is 2.10 bits per heavy atom. The molecular formula is C22H22N2O5. The van der Waals surface area contributed by atoms with Gasteiger partial charge in [0.15, 0.2) is 5.60 Å². The maximum absolute atomic E-state index is 12.8. The monoisotopic (exact) mass is 404 g/mol. The number of hydrogen-bond acceptors (Lipinski definition) is 6. The second kappa shape index (κ2) is 8.81. The molecule has 1 aromatic heterocycles. The van der Waals surface area contributed by atoms with Crippen LogP contribution in [-0.4, -0.2) is 39.4 Å². The molecule has 0 bridgehead atoms. The number of aromatic nitrogens is 2. The number of methoxy groups -OCH3 is 1. The molecular weight excluding hydrogens is 372 g/mol. The van der Waals surface area contributed by atoms with Gasteiger partial charge in [0.2, 0.25) is 6.10 Å². The third kappa shape index (κ3) is 4.11. The van der Waals surface area contributed by atoms with Crippen LogP contribution >= 0.6 is 0 Å². The van der Waals surface area contributed by atoms with Gasteiger partial charge in [-0.15, -0.1) is 0 Å². The number of ether oxygens (including phenoxy) is 2. The van der Waals surface area contributed by atoms with Gasteiger partial charge in [-0.3, -0.25) is 0 Å². The summed E-state index contributed by atoms with van der Waals surface area (Å²) in [6, 6.07) is -8.41. The van der Waals surface area contributed by atoms with Crippen molar-refractivity contribution in [2.45, 2.75) is 25.2 Å². The standard InChI is InChI=1S/C22H22N2O5/c1-15-13-18(14-25)24-21(23-15)29-19(20(26)27)22(28-2,16-9-5-3-6-10-16)17-11-7-4-8-12-17/h3-13,19,25H,14H2,1-2H3,(H,26,27)/t19-/m1/s1/i3D,4D,5D,6D,7D,8D,9D,10D,11D,12D. The minimum absolute atomic E-state index is 0.0234. The first kappa shape index (κ1) is 11.0. The molecule has 0 saturated heterocycles. The maximum Gasteiger partial charge on any atom is 0.348 e. The van der Waals surface area contributed by atoms with Crippen LogP contribution in [0.1, 0.15) is 36.2 Å². The zero-order valence-corrected chi connectivity index (χ0v) is 15.4. The van der Waals surface area contributed by atoms with E-state index in [1.807, 2.05) is 0 Å². The van der Waals surface area contributed by atoms with E-state index in [4.69, 9.17) is 23.2 Å². The zero-order chi connectivity index (χ0) is 29.6. The van der Waals surface area contributed by atoms with Crippen LogP contribution < -0.4 is 4.74 Å². The molecule has 0 fully saturated rings. The molecule has 0 amide bonds. The number of aliphatic hydroxyl groups excluding tert-OH is 1. The predicted octanol–water partition coefficient (Wildman–Crippen LogP) is 2.70. The van der Waals surface area contributed by atoms with Crippen molar-refractivity contribution in [3.8, 4) is 6.01 Å². The van der Waals surface area contributed by atoms with Crippen LogP contribution in [0.25, 0.3) is 0 Å². The van der Waals surface area contributed by atoms with Crippen LogP contribution in [0.15, 0.2) is 66.5 Å². The molecule has 3 aromatic rings. The number of carbonyl (C=O) groups is 1. The van der Waals surface area contributed by atoms with Crippen molar-refractivity contribution in [1.29, 1.82) is 0 Å². The molecule has 2 N–H and O–H groups in total. The number of benzene rings is 2. The van der Waals surface area contributed by atoms with Crippen LogP contribution in [-0.2, 0) is 21.7 Å². The van der Waals surface area contributed by atoms with Crippen molar-refractivity contribution in [3.05, 3.63) is 89.0 Å². The van der Waals surface area contributed by atoms with Crippen molar-refractivity contribution in [3.63, 3.8) is 0 Å². The topological polar surface area (TPSA) is 102 Å². The highest BCUT2D eigenvalue weighted by atomic mass is 16.6. The SMILES string of the molecule is [2H]c1c([2H])c([2H])c(C(OC)(c2c([2H])c([2H])c([2H])c([2H])c2[2H])[C@H](Oc2nc(C)cc(CO)n2)C(=O)O)c([2H])c1[2H]. The number of rotatable bonds is 8. The molecule has 0 unspecified atom stereocenters. The summed E-state index contributed by atoms with van der Waals surface area (Å²) in [5, 5.41) is 19.9. The fraction of sp³-hybridized carbons (Fsp3) is 0.227. The van der Waals surface area contributed by atoms with Crippen LogP contribution in [0.5, 0.6) is 6.01 Å². The fourth-order valence-electron chi connectivity index (χ4n) is 2.72. The van der Waals surface area contributed by atoms with Gasteiger partial charge in [-0.1, -0.05) is 60.4 Å². The highest BCUT2D eigenvalue weighted by Crippen LogP contribution is 2.38. The van der Waals surface area contributed by atoms with E-state index in [-0.39, 0.29) is 11.4 Å². The molecule has 150 valence electrons. The van der Waals surface area contributed by atoms with Crippen molar-refractivity contribution in [2.75, 3.05) is 7.11 Å². The van der Waals surface area contributed by atoms with E-state index in [1.54, 1.807) is 0 Å². The van der Waals surface area contributed by atoms with Gasteiger partial charge < -0.3 is 19.7 Å². The second-order valence-corrected chi connectivity index (χ2v) is 5.72. The lowest BCUT2D eigenvalue weighted by atomic mass is 9.81. The van der Waals surface area contributed by atoms with Gasteiger partial charge >= 0.3 is 12.0 Å². The first-order valence-electron chi connectivity index (χ1n) is 13.2. The highest BCUT2D eigenvalue weighted by Gasteiger charge is 2.49. The van der Waals surface area contributed by atoms with E-state index in [0.717, 1.165) is 7.11 Å². The second-order valence-electron chi connectivity index (χ2n) is 5.72. The van der Waals surface area contributed by atoms with E-state index in [0.29, 0.717) is 0 Å². The summed E-state index contributed by atoms with van der Waals surface area (Å²) in [7, 11) is 0.872. The molecule has 0 aliphatic heterocycles. The molecule has 0 aliphatic rings. The van der Waals surface area contributed by atoms with Crippen LogP contribution in [0.4, 0.5) is 0 Å². The van der Waals surface area contributed by atoms with Gasteiger partial charge in [-0.2, -0.15) is 4.98 Å². The number of hydrogen-bond donors (Lipinski definition) is 2. The van der Waals surface area contributed by atoms with Gasteiger partial charge in [0, 0.05) is 12.8 Å². The lowest BCUT2D eigenvalue weighted by Crippen LogP contribution is -2.50. The average Bonchev–Trinajstić information content (AvgIpc) is 2.90. The molecule has 1 heterocycles. The first-order valence-corrected chi connectivity index (χ1v) is 8.20. The summed E-state index contributed by atoms with van der Waals surface area (Å²) in [5.41, 5.74) is -4.41. The Hall–Kier alpha value is -3.29. The molecule has 1 atom stereocenters. The number of carboxylic acids is 1. The Morgan fingerprint density at radius 1 is 1.10 bits per heavy atom. The van der Waals surface area contributed by atoms with Gasteiger partial charge in [0.1, 0.15) is 0 Å². The lowest BCUT2D eigenvalue weighted by Gasteiger charge is -2.37. The molecule has 2 aromatic carbocycles. The molecule has 29 heavy (non-hydrogen) atoms. The highest BCUT2D eigenvalue weighted by molar-refractivity contribution is 5.76. The number of nitrogens with zero attached hydrogens (tertiary/aromatic N) is 2. The van der Waals surface area contributed by atoms with Gasteiger partial charge in [-0.05, 0) is 24.1 Å². The normalized spacial score (nSPS) is 17.2. The predicted molar refractivity (Wildman–Crippen MR) is 105 cm³/mol. The minimum atomic E-state index is -2.95. The number of aliphatic carboxylic acids is 1. The maximum atomic E-state index is 12.8. The summed E-state index contributed by atoms with van der Waals surface area (Å²) in [6.07, 6.45) is -2.48. The summed E-state index contributed by atoms with van der Waals surface area (Å²) in [6.45, 7) is 0.900.